The Morgan fingerprint density at radius 1 is 1.17 bits per heavy atom. The number of carbonyl (C=O) groups is 1. The largest absolute Gasteiger partial charge is 0.494 e. The van der Waals surface area contributed by atoms with E-state index in [4.69, 9.17) is 11.6 Å². The Labute approximate surface area is 177 Å². The maximum Gasteiger partial charge on any atom is 0.307 e. The molecule has 29 heavy (non-hydrogen) atoms. The molecule has 1 aromatic heterocycles. The minimum absolute atomic E-state index is 0.0649. The normalized spacial score (nSPS) is 10.7. The van der Waals surface area contributed by atoms with Crippen LogP contribution >= 0.6 is 22.9 Å². The van der Waals surface area contributed by atoms with Crippen LogP contribution in [-0.2, 0) is 12.8 Å². The molecule has 0 radical (unpaired) electrons. The van der Waals surface area contributed by atoms with E-state index in [0.717, 1.165) is 28.2 Å². The molecule has 152 valence electrons. The zero-order valence-corrected chi connectivity index (χ0v) is 17.7. The number of aromatic nitrogens is 1. The second-order valence-corrected chi connectivity index (χ2v) is 8.35. The number of hydrogen-bond donors (Lipinski definition) is 3. The summed E-state index contributed by atoms with van der Waals surface area (Å²) in [4.78, 5) is 28.4. The molecule has 0 unspecified atom stereocenters. The molecule has 2 aromatic carbocycles. The Balaban J connectivity index is 1.57. The molecule has 3 N–H and O–H groups in total. The van der Waals surface area contributed by atoms with Gasteiger partial charge in [-0.3, -0.25) is 14.6 Å². The molecule has 0 saturated carbocycles. The van der Waals surface area contributed by atoms with Crippen LogP contribution in [0.2, 0.25) is 5.02 Å². The molecule has 0 bridgehead atoms. The summed E-state index contributed by atoms with van der Waals surface area (Å²) in [5.41, 5.74) is 3.44. The fourth-order valence-electron chi connectivity index (χ4n) is 2.98. The summed E-state index contributed by atoms with van der Waals surface area (Å²) in [6.45, 7) is 0.498. The number of H-pyrrole nitrogens is 1. The van der Waals surface area contributed by atoms with Crippen LogP contribution < -0.4 is 15.1 Å². The fourth-order valence-corrected chi connectivity index (χ4v) is 3.91. The zero-order chi connectivity index (χ0) is 21.0. The van der Waals surface area contributed by atoms with Crippen molar-refractivity contribution in [1.29, 1.82) is 0 Å². The monoisotopic (exact) mass is 431 g/mol. The van der Waals surface area contributed by atoms with Crippen LogP contribution in [0.1, 0.15) is 26.4 Å². The van der Waals surface area contributed by atoms with E-state index in [1.807, 2.05) is 49.3 Å². The molecule has 0 aliphatic carbocycles. The Morgan fingerprint density at radius 3 is 2.48 bits per heavy atom. The zero-order valence-electron chi connectivity index (χ0n) is 16.2. The number of thiazole rings is 1. The summed E-state index contributed by atoms with van der Waals surface area (Å²) in [6.07, 6.45) is 1.18. The van der Waals surface area contributed by atoms with Gasteiger partial charge in [-0.1, -0.05) is 47.2 Å². The number of aromatic amines is 1. The van der Waals surface area contributed by atoms with Crippen molar-refractivity contribution in [2.24, 2.45) is 0 Å². The minimum Gasteiger partial charge on any atom is -0.494 e. The summed E-state index contributed by atoms with van der Waals surface area (Å²) in [5, 5.41) is 13.1. The number of anilines is 1. The minimum atomic E-state index is -0.262. The third-order valence-corrected chi connectivity index (χ3v) is 5.58. The molecule has 0 fully saturated rings. The predicted octanol–water partition coefficient (Wildman–Crippen LogP) is 3.42. The summed E-state index contributed by atoms with van der Waals surface area (Å²) in [6, 6.07) is 13.2. The highest BCUT2D eigenvalue weighted by Gasteiger charge is 2.13. The van der Waals surface area contributed by atoms with Gasteiger partial charge >= 0.3 is 4.87 Å². The smallest absolute Gasteiger partial charge is 0.307 e. The van der Waals surface area contributed by atoms with E-state index in [1.165, 1.54) is 0 Å². The molecule has 0 aliphatic heterocycles. The SMILES string of the molecule is CN(C)c1ccc(Cl)cc1C(=O)NCCc1ccc(Cc2sc(=O)[nH]c2O)cc1. The van der Waals surface area contributed by atoms with Crippen LogP contribution in [0, 0.1) is 0 Å². The van der Waals surface area contributed by atoms with E-state index < -0.39 is 0 Å². The number of halogens is 1. The van der Waals surface area contributed by atoms with E-state index in [2.05, 4.69) is 10.3 Å². The summed E-state index contributed by atoms with van der Waals surface area (Å²) >= 11 is 7.06. The topological polar surface area (TPSA) is 85.4 Å². The lowest BCUT2D eigenvalue weighted by molar-refractivity contribution is 0.0954. The second-order valence-electron chi connectivity index (χ2n) is 6.84. The average Bonchev–Trinajstić information content (AvgIpc) is 2.99. The van der Waals surface area contributed by atoms with Crippen molar-refractivity contribution in [1.82, 2.24) is 10.3 Å². The highest BCUT2D eigenvalue weighted by molar-refractivity contribution is 7.09. The van der Waals surface area contributed by atoms with Crippen LogP contribution in [0.3, 0.4) is 0 Å². The van der Waals surface area contributed by atoms with E-state index >= 15 is 0 Å². The second kappa shape index (κ2) is 9.15. The molecular weight excluding hydrogens is 410 g/mol. The Bertz CT molecular complexity index is 1060. The van der Waals surface area contributed by atoms with Crippen LogP contribution in [0.4, 0.5) is 5.69 Å². The van der Waals surface area contributed by atoms with Gasteiger partial charge in [-0.2, -0.15) is 0 Å². The van der Waals surface area contributed by atoms with Crippen molar-refractivity contribution in [2.75, 3.05) is 25.5 Å². The Morgan fingerprint density at radius 2 is 1.86 bits per heavy atom. The summed E-state index contributed by atoms with van der Waals surface area (Å²) in [5.74, 6) is -0.226. The Kier molecular flexibility index (Phi) is 6.61. The lowest BCUT2D eigenvalue weighted by Crippen LogP contribution is -2.27. The number of hydrogen-bond acceptors (Lipinski definition) is 5. The van der Waals surface area contributed by atoms with E-state index in [0.29, 0.717) is 34.8 Å². The van der Waals surface area contributed by atoms with Crippen LogP contribution in [0.5, 0.6) is 5.88 Å². The van der Waals surface area contributed by atoms with Gasteiger partial charge in [-0.15, -0.1) is 0 Å². The number of carbonyl (C=O) groups excluding carboxylic acids is 1. The van der Waals surface area contributed by atoms with E-state index in [1.54, 1.807) is 12.1 Å². The highest BCUT2D eigenvalue weighted by Crippen LogP contribution is 2.23. The van der Waals surface area contributed by atoms with Gasteiger partial charge in [0.1, 0.15) is 0 Å². The number of nitrogens with one attached hydrogen (secondary N) is 2. The summed E-state index contributed by atoms with van der Waals surface area (Å²) < 4.78 is 0. The number of benzene rings is 2. The fraction of sp³-hybridized carbons (Fsp3) is 0.238. The first-order valence-electron chi connectivity index (χ1n) is 9.07. The van der Waals surface area contributed by atoms with Crippen LogP contribution in [-0.4, -0.2) is 36.6 Å². The molecule has 8 heteroatoms. The van der Waals surface area contributed by atoms with Crippen molar-refractivity contribution in [3.63, 3.8) is 0 Å². The molecule has 3 rings (SSSR count). The van der Waals surface area contributed by atoms with Crippen molar-refractivity contribution in [3.05, 3.63) is 78.7 Å². The third kappa shape index (κ3) is 5.40. The van der Waals surface area contributed by atoms with Crippen LogP contribution in [0.25, 0.3) is 0 Å². The maximum absolute atomic E-state index is 12.6. The van der Waals surface area contributed by atoms with Crippen molar-refractivity contribution >= 4 is 34.5 Å². The average molecular weight is 432 g/mol. The number of amides is 1. The van der Waals surface area contributed by atoms with Gasteiger partial charge in [0.25, 0.3) is 5.91 Å². The molecule has 0 saturated heterocycles. The van der Waals surface area contributed by atoms with Gasteiger partial charge in [0.15, 0.2) is 0 Å². The quantitative estimate of drug-likeness (QED) is 0.535. The van der Waals surface area contributed by atoms with E-state index in [9.17, 15) is 14.7 Å². The number of rotatable bonds is 7. The molecule has 0 atom stereocenters. The third-order valence-electron chi connectivity index (χ3n) is 4.47. The van der Waals surface area contributed by atoms with Crippen molar-refractivity contribution < 1.29 is 9.90 Å². The molecule has 0 aliphatic rings. The maximum atomic E-state index is 12.6. The first kappa shape index (κ1) is 21.0. The highest BCUT2D eigenvalue weighted by atomic mass is 35.5. The molecule has 1 heterocycles. The van der Waals surface area contributed by atoms with E-state index in [-0.39, 0.29) is 16.7 Å². The molecule has 1 amide bonds. The van der Waals surface area contributed by atoms with Gasteiger partial charge in [-0.25, -0.2) is 0 Å². The summed E-state index contributed by atoms with van der Waals surface area (Å²) in [7, 11) is 3.76. The molecular formula is C21H22ClN3O3S. The molecule has 6 nitrogen and oxygen atoms in total. The number of aromatic hydroxyl groups is 1. The van der Waals surface area contributed by atoms with Gasteiger partial charge < -0.3 is 15.3 Å². The van der Waals surface area contributed by atoms with Gasteiger partial charge in [0.2, 0.25) is 5.88 Å². The van der Waals surface area contributed by atoms with Crippen molar-refractivity contribution in [3.8, 4) is 5.88 Å². The lowest BCUT2D eigenvalue weighted by atomic mass is 10.1. The predicted molar refractivity (Wildman–Crippen MR) is 118 cm³/mol. The van der Waals surface area contributed by atoms with Crippen LogP contribution in [0.15, 0.2) is 47.3 Å². The lowest BCUT2D eigenvalue weighted by Gasteiger charge is -2.17. The van der Waals surface area contributed by atoms with Gasteiger partial charge in [-0.05, 0) is 35.7 Å². The number of nitrogens with zero attached hydrogens (tertiary/aromatic N) is 1. The molecule has 0 spiro atoms. The first-order valence-corrected chi connectivity index (χ1v) is 10.3. The standard InChI is InChI=1S/C21H22ClN3O3S/c1-25(2)17-8-7-15(22)12-16(17)19(26)23-10-9-13-3-5-14(6-4-13)11-18-20(27)24-21(28)29-18/h3-8,12,27H,9-11H2,1-2H3,(H,23,26)(H,24,28). The van der Waals surface area contributed by atoms with Gasteiger partial charge in [0, 0.05) is 37.8 Å². The molecule has 3 aromatic rings. The Hall–Kier alpha value is -2.77. The first-order chi connectivity index (χ1) is 13.8. The van der Waals surface area contributed by atoms with Gasteiger partial charge in [0.05, 0.1) is 10.4 Å². The van der Waals surface area contributed by atoms with Crippen molar-refractivity contribution in [2.45, 2.75) is 12.8 Å².